The molecule has 178 valence electrons. The summed E-state index contributed by atoms with van der Waals surface area (Å²) in [5.74, 6) is 0.414. The molecule has 0 aromatic heterocycles. The van der Waals surface area contributed by atoms with Crippen molar-refractivity contribution in [2.24, 2.45) is 0 Å². The van der Waals surface area contributed by atoms with Gasteiger partial charge in [0.25, 0.3) is 5.91 Å². The third-order valence-corrected chi connectivity index (χ3v) is 5.93. The highest BCUT2D eigenvalue weighted by molar-refractivity contribution is 6.00. The number of rotatable bonds is 8. The quantitative estimate of drug-likeness (QED) is 0.564. The number of piperazine rings is 1. The highest BCUT2D eigenvalue weighted by atomic mass is 19.1. The zero-order chi connectivity index (χ0) is 24.1. The van der Waals surface area contributed by atoms with E-state index in [1.54, 1.807) is 29.2 Å². The average Bonchev–Trinajstić information content (AvgIpc) is 2.80. The Morgan fingerprint density at radius 1 is 1.00 bits per heavy atom. The van der Waals surface area contributed by atoms with Gasteiger partial charge in [-0.15, -0.1) is 0 Å². The zero-order valence-electron chi connectivity index (χ0n) is 19.8. The molecule has 0 bridgehead atoms. The van der Waals surface area contributed by atoms with Gasteiger partial charge in [-0.3, -0.25) is 14.5 Å². The van der Waals surface area contributed by atoms with Crippen molar-refractivity contribution in [1.29, 1.82) is 0 Å². The lowest BCUT2D eigenvalue weighted by molar-refractivity contribution is -0.139. The summed E-state index contributed by atoms with van der Waals surface area (Å²) < 4.78 is 29.6. The lowest BCUT2D eigenvalue weighted by Crippen LogP contribution is -2.58. The van der Waals surface area contributed by atoms with E-state index in [4.69, 9.17) is 14.2 Å². The number of amides is 1. The number of hydrogen-bond donors (Lipinski definition) is 0. The van der Waals surface area contributed by atoms with Gasteiger partial charge in [-0.2, -0.15) is 0 Å². The van der Waals surface area contributed by atoms with E-state index in [2.05, 4.69) is 11.8 Å². The van der Waals surface area contributed by atoms with Crippen LogP contribution in [0, 0.1) is 5.82 Å². The van der Waals surface area contributed by atoms with Crippen LogP contribution < -0.4 is 14.2 Å². The van der Waals surface area contributed by atoms with E-state index in [0.29, 0.717) is 31.1 Å². The van der Waals surface area contributed by atoms with Gasteiger partial charge in [0.05, 0.1) is 14.2 Å². The second-order valence-electron chi connectivity index (χ2n) is 8.35. The number of carbonyl (C=O) groups is 2. The van der Waals surface area contributed by atoms with Gasteiger partial charge in [0.2, 0.25) is 0 Å². The summed E-state index contributed by atoms with van der Waals surface area (Å²) >= 11 is 0. The number of ketones is 1. The van der Waals surface area contributed by atoms with Crippen molar-refractivity contribution in [3.63, 3.8) is 0 Å². The number of ether oxygens (including phenoxy) is 3. The molecule has 0 unspecified atom stereocenters. The Bertz CT molecular complexity index is 995. The van der Waals surface area contributed by atoms with Crippen molar-refractivity contribution in [2.45, 2.75) is 39.4 Å². The van der Waals surface area contributed by atoms with Gasteiger partial charge in [-0.25, -0.2) is 4.39 Å². The Labute approximate surface area is 194 Å². The van der Waals surface area contributed by atoms with Crippen LogP contribution in [0.25, 0.3) is 0 Å². The first-order valence-electron chi connectivity index (χ1n) is 10.9. The minimum atomic E-state index is -0.253. The fourth-order valence-corrected chi connectivity index (χ4v) is 4.12. The van der Waals surface area contributed by atoms with Crippen molar-refractivity contribution < 1.29 is 28.2 Å². The predicted molar refractivity (Wildman–Crippen MR) is 122 cm³/mol. The SMILES string of the molecule is COc1cc(OC)c(C(C)=O)c(OCC(=O)N2C[C@H](C)N(Cc3ccc(F)cc3)C[C@H]2C)c1. The molecule has 1 fully saturated rings. The maximum absolute atomic E-state index is 13.2. The molecule has 1 amide bonds. The number of nitrogens with zero attached hydrogens (tertiary/aromatic N) is 2. The lowest BCUT2D eigenvalue weighted by Gasteiger charge is -2.44. The number of carbonyl (C=O) groups excluding carboxylic acids is 2. The van der Waals surface area contributed by atoms with E-state index in [1.165, 1.54) is 33.3 Å². The van der Waals surface area contributed by atoms with Crippen molar-refractivity contribution in [3.05, 3.63) is 53.3 Å². The summed E-state index contributed by atoms with van der Waals surface area (Å²) in [6.07, 6.45) is 0. The van der Waals surface area contributed by atoms with Crippen molar-refractivity contribution in [2.75, 3.05) is 33.9 Å². The fourth-order valence-electron chi connectivity index (χ4n) is 4.12. The molecule has 2 aromatic carbocycles. The molecule has 3 rings (SSSR count). The van der Waals surface area contributed by atoms with Crippen molar-refractivity contribution >= 4 is 11.7 Å². The highest BCUT2D eigenvalue weighted by Crippen LogP contribution is 2.34. The van der Waals surface area contributed by atoms with E-state index >= 15 is 0 Å². The van der Waals surface area contributed by atoms with Crippen molar-refractivity contribution in [1.82, 2.24) is 9.80 Å². The van der Waals surface area contributed by atoms with Gasteiger partial charge in [-0.1, -0.05) is 12.1 Å². The average molecular weight is 459 g/mol. The predicted octanol–water partition coefficient (Wildman–Crippen LogP) is 3.55. The number of halogens is 1. The monoisotopic (exact) mass is 458 g/mol. The molecule has 2 atom stereocenters. The molecule has 0 aliphatic carbocycles. The smallest absolute Gasteiger partial charge is 0.260 e. The van der Waals surface area contributed by atoms with Crippen LogP contribution in [0.4, 0.5) is 4.39 Å². The van der Waals surface area contributed by atoms with Crippen LogP contribution in [0.2, 0.25) is 0 Å². The molecule has 1 aliphatic rings. The molecule has 0 N–H and O–H groups in total. The molecule has 7 nitrogen and oxygen atoms in total. The van der Waals surface area contributed by atoms with E-state index in [-0.39, 0.29) is 47.5 Å². The maximum atomic E-state index is 13.2. The van der Waals surface area contributed by atoms with Crippen LogP contribution in [0.5, 0.6) is 17.2 Å². The standard InChI is InChI=1S/C25H31FN2O5/c1-16-13-28(17(2)12-27(16)14-19-6-8-20(26)9-7-19)24(30)15-33-23-11-21(31-4)10-22(32-5)25(23)18(3)29/h6-11,16-17H,12-15H2,1-5H3/t16-,17+/m0/s1. The largest absolute Gasteiger partial charge is 0.496 e. The second-order valence-corrected chi connectivity index (χ2v) is 8.35. The van der Waals surface area contributed by atoms with Gasteiger partial charge in [-0.05, 0) is 38.5 Å². The van der Waals surface area contributed by atoms with Crippen LogP contribution in [-0.4, -0.2) is 67.5 Å². The van der Waals surface area contributed by atoms with Gasteiger partial charge < -0.3 is 19.1 Å². The van der Waals surface area contributed by atoms with E-state index in [9.17, 15) is 14.0 Å². The summed E-state index contributed by atoms with van der Waals surface area (Å²) in [4.78, 5) is 29.3. The normalized spacial score (nSPS) is 18.7. The molecule has 0 radical (unpaired) electrons. The molecule has 1 heterocycles. The Hall–Kier alpha value is -3.13. The topological polar surface area (TPSA) is 68.3 Å². The Morgan fingerprint density at radius 2 is 1.67 bits per heavy atom. The number of Topliss-reactive ketones (excluding diaryl/α,β-unsaturated/α-hetero) is 1. The Morgan fingerprint density at radius 3 is 2.27 bits per heavy atom. The fraction of sp³-hybridized carbons (Fsp3) is 0.440. The van der Waals surface area contributed by atoms with Crippen LogP contribution in [0.1, 0.15) is 36.7 Å². The van der Waals surface area contributed by atoms with Gasteiger partial charge in [0.15, 0.2) is 12.4 Å². The molecular weight excluding hydrogens is 427 g/mol. The first-order valence-corrected chi connectivity index (χ1v) is 10.9. The van der Waals surface area contributed by atoms with Crippen LogP contribution in [0.3, 0.4) is 0 Å². The summed E-state index contributed by atoms with van der Waals surface area (Å²) in [7, 11) is 2.97. The van der Waals surface area contributed by atoms with E-state index in [1.807, 2.05) is 6.92 Å². The summed E-state index contributed by atoms with van der Waals surface area (Å²) in [5, 5.41) is 0. The molecule has 0 saturated carbocycles. The number of benzene rings is 2. The third-order valence-electron chi connectivity index (χ3n) is 5.93. The summed E-state index contributed by atoms with van der Waals surface area (Å²) in [6, 6.07) is 9.78. The van der Waals surface area contributed by atoms with Crippen molar-refractivity contribution in [3.8, 4) is 17.2 Å². The molecule has 1 saturated heterocycles. The minimum Gasteiger partial charge on any atom is -0.496 e. The van der Waals surface area contributed by atoms with Crippen LogP contribution in [-0.2, 0) is 11.3 Å². The second kappa shape index (κ2) is 10.7. The molecule has 2 aromatic rings. The number of hydrogen-bond acceptors (Lipinski definition) is 6. The summed E-state index contributed by atoms with van der Waals surface area (Å²) in [5.41, 5.74) is 1.30. The molecule has 0 spiro atoms. The van der Waals surface area contributed by atoms with Gasteiger partial charge in [0, 0.05) is 43.9 Å². The van der Waals surface area contributed by atoms with Crippen LogP contribution in [0.15, 0.2) is 36.4 Å². The third kappa shape index (κ3) is 5.82. The first-order chi connectivity index (χ1) is 15.7. The Kier molecular flexibility index (Phi) is 7.92. The van der Waals surface area contributed by atoms with Gasteiger partial charge >= 0.3 is 0 Å². The number of methoxy groups -OCH3 is 2. The minimum absolute atomic E-state index is 0.0233. The Balaban J connectivity index is 1.67. The summed E-state index contributed by atoms with van der Waals surface area (Å²) in [6.45, 7) is 7.21. The first kappa shape index (κ1) is 24.5. The zero-order valence-corrected chi connectivity index (χ0v) is 19.8. The van der Waals surface area contributed by atoms with Crippen LogP contribution >= 0.6 is 0 Å². The molecule has 1 aliphatic heterocycles. The molecule has 33 heavy (non-hydrogen) atoms. The molecular formula is C25H31FN2O5. The van der Waals surface area contributed by atoms with E-state index < -0.39 is 0 Å². The molecule has 8 heteroatoms. The maximum Gasteiger partial charge on any atom is 0.260 e. The lowest BCUT2D eigenvalue weighted by atomic mass is 10.1. The highest BCUT2D eigenvalue weighted by Gasteiger charge is 2.32. The van der Waals surface area contributed by atoms with Gasteiger partial charge in [0.1, 0.15) is 28.6 Å². The van der Waals surface area contributed by atoms with E-state index in [0.717, 1.165) is 5.56 Å².